The lowest BCUT2D eigenvalue weighted by Gasteiger charge is -2.17. The van der Waals surface area contributed by atoms with E-state index in [9.17, 15) is 8.42 Å². The fraction of sp³-hybridized carbons (Fsp3) is 0.409. The molecule has 2 N–H and O–H groups in total. The van der Waals surface area contributed by atoms with E-state index < -0.39 is 9.84 Å². The number of para-hydroxylation sites is 1. The summed E-state index contributed by atoms with van der Waals surface area (Å²) >= 11 is 0. The maximum atomic E-state index is 11.3. The molecule has 6 nitrogen and oxygen atoms in total. The van der Waals surface area contributed by atoms with Crippen LogP contribution in [0, 0.1) is 0 Å². The average Bonchev–Trinajstić information content (AvgIpc) is 2.70. The minimum atomic E-state index is -2.96. The van der Waals surface area contributed by atoms with Crippen molar-refractivity contribution in [1.29, 1.82) is 0 Å². The highest BCUT2D eigenvalue weighted by atomic mass is 32.2. The van der Waals surface area contributed by atoms with Crippen molar-refractivity contribution >= 4 is 15.8 Å². The summed E-state index contributed by atoms with van der Waals surface area (Å²) in [7, 11) is -2.96. The third kappa shape index (κ3) is 9.47. The lowest BCUT2D eigenvalue weighted by atomic mass is 10.1. The molecule has 0 aliphatic rings. The largest absolute Gasteiger partial charge is 0.489 e. The molecule has 0 spiro atoms. The standard InChI is InChI=1S/C22H31N3O3S/c1-4-23-22(25-18(2)14-15-29(3,26)27)24-16-19-10-12-20(13-11-19)17-28-21-8-6-5-7-9-21/h5-13,18H,4,14-17H2,1-3H3,(H2,23,24,25). The Morgan fingerprint density at radius 1 is 1.07 bits per heavy atom. The molecule has 7 heteroatoms. The van der Waals surface area contributed by atoms with Gasteiger partial charge in [0.1, 0.15) is 22.2 Å². The summed E-state index contributed by atoms with van der Waals surface area (Å²) in [5.74, 6) is 1.70. The second kappa shape index (κ2) is 11.5. The molecular formula is C22H31N3O3S. The average molecular weight is 418 g/mol. The molecule has 2 rings (SSSR count). The van der Waals surface area contributed by atoms with Crippen molar-refractivity contribution in [3.63, 3.8) is 0 Å². The number of sulfone groups is 1. The number of nitrogens with one attached hydrogen (secondary N) is 2. The van der Waals surface area contributed by atoms with Gasteiger partial charge in [0.05, 0.1) is 12.3 Å². The molecule has 0 aliphatic carbocycles. The van der Waals surface area contributed by atoms with E-state index in [1.807, 2.05) is 68.4 Å². The predicted octanol–water partition coefficient (Wildman–Crippen LogP) is 3.14. The predicted molar refractivity (Wildman–Crippen MR) is 119 cm³/mol. The highest BCUT2D eigenvalue weighted by molar-refractivity contribution is 7.90. The van der Waals surface area contributed by atoms with Crippen LogP contribution >= 0.6 is 0 Å². The van der Waals surface area contributed by atoms with E-state index in [0.29, 0.717) is 25.5 Å². The Morgan fingerprint density at radius 2 is 1.72 bits per heavy atom. The van der Waals surface area contributed by atoms with E-state index >= 15 is 0 Å². The van der Waals surface area contributed by atoms with E-state index in [4.69, 9.17) is 4.74 Å². The first-order valence-electron chi connectivity index (χ1n) is 9.84. The molecule has 0 amide bonds. The first-order chi connectivity index (χ1) is 13.9. The fourth-order valence-corrected chi connectivity index (χ4v) is 3.39. The topological polar surface area (TPSA) is 79.8 Å². The zero-order chi connectivity index (χ0) is 21.1. The molecule has 2 aromatic carbocycles. The summed E-state index contributed by atoms with van der Waals surface area (Å²) in [6, 6.07) is 17.9. The lowest BCUT2D eigenvalue weighted by molar-refractivity contribution is 0.306. The summed E-state index contributed by atoms with van der Waals surface area (Å²) < 4.78 is 28.4. The van der Waals surface area contributed by atoms with Gasteiger partial charge >= 0.3 is 0 Å². The van der Waals surface area contributed by atoms with E-state index in [1.54, 1.807) is 0 Å². The van der Waals surface area contributed by atoms with Gasteiger partial charge in [-0.15, -0.1) is 0 Å². The van der Waals surface area contributed by atoms with Gasteiger partial charge in [-0.3, -0.25) is 0 Å². The van der Waals surface area contributed by atoms with Crippen LogP contribution in [-0.4, -0.2) is 39.0 Å². The monoisotopic (exact) mass is 417 g/mol. The maximum Gasteiger partial charge on any atom is 0.191 e. The summed E-state index contributed by atoms with van der Waals surface area (Å²) in [5.41, 5.74) is 2.19. The first-order valence-corrected chi connectivity index (χ1v) is 11.9. The van der Waals surface area contributed by atoms with Crippen LogP contribution in [0.3, 0.4) is 0 Å². The van der Waals surface area contributed by atoms with Crippen LogP contribution in [0.15, 0.2) is 59.6 Å². The Bertz CT molecular complexity index is 866. The van der Waals surface area contributed by atoms with Crippen LogP contribution in [0.4, 0.5) is 0 Å². The number of nitrogens with zero attached hydrogens (tertiary/aromatic N) is 1. The molecule has 1 unspecified atom stereocenters. The van der Waals surface area contributed by atoms with Crippen LogP contribution in [0.1, 0.15) is 31.4 Å². The van der Waals surface area contributed by atoms with Gasteiger partial charge in [-0.05, 0) is 43.5 Å². The molecular weight excluding hydrogens is 386 g/mol. The number of hydrogen-bond donors (Lipinski definition) is 2. The van der Waals surface area contributed by atoms with Crippen LogP contribution in [0.5, 0.6) is 5.75 Å². The quantitative estimate of drug-likeness (QED) is 0.459. The maximum absolute atomic E-state index is 11.3. The molecule has 0 fully saturated rings. The summed E-state index contributed by atoms with van der Waals surface area (Å²) in [6.45, 7) is 5.75. The number of benzene rings is 2. The Labute approximate surface area is 174 Å². The van der Waals surface area contributed by atoms with Gasteiger partial charge in [-0.1, -0.05) is 42.5 Å². The second-order valence-corrected chi connectivity index (χ2v) is 9.34. The summed E-state index contributed by atoms with van der Waals surface area (Å²) in [5, 5.41) is 6.47. The molecule has 0 radical (unpaired) electrons. The summed E-state index contributed by atoms with van der Waals surface area (Å²) in [6.07, 6.45) is 1.80. The Kier molecular flexibility index (Phi) is 8.99. The highest BCUT2D eigenvalue weighted by Gasteiger charge is 2.09. The van der Waals surface area contributed by atoms with Gasteiger partial charge in [0.15, 0.2) is 5.96 Å². The number of guanidine groups is 1. The van der Waals surface area contributed by atoms with Crippen LogP contribution in [0.2, 0.25) is 0 Å². The van der Waals surface area contributed by atoms with Crippen LogP contribution < -0.4 is 15.4 Å². The van der Waals surface area contributed by atoms with Crippen LogP contribution in [0.25, 0.3) is 0 Å². The van der Waals surface area contributed by atoms with Gasteiger partial charge in [0, 0.05) is 18.8 Å². The van der Waals surface area contributed by atoms with Gasteiger partial charge in [0.2, 0.25) is 0 Å². The Morgan fingerprint density at radius 3 is 2.34 bits per heavy atom. The summed E-state index contributed by atoms with van der Waals surface area (Å²) in [4.78, 5) is 4.61. The van der Waals surface area contributed by atoms with Crippen molar-refractivity contribution in [3.05, 3.63) is 65.7 Å². The van der Waals surface area contributed by atoms with Gasteiger partial charge in [-0.25, -0.2) is 13.4 Å². The Balaban J connectivity index is 1.87. The normalized spacial score (nSPS) is 13.0. The molecule has 158 valence electrons. The van der Waals surface area contributed by atoms with Crippen molar-refractivity contribution in [2.75, 3.05) is 18.6 Å². The minimum Gasteiger partial charge on any atom is -0.489 e. The molecule has 29 heavy (non-hydrogen) atoms. The molecule has 2 aromatic rings. The van der Waals surface area contributed by atoms with Crippen molar-refractivity contribution in [3.8, 4) is 5.75 Å². The fourth-order valence-electron chi connectivity index (χ4n) is 2.61. The van der Waals surface area contributed by atoms with Crippen molar-refractivity contribution < 1.29 is 13.2 Å². The van der Waals surface area contributed by atoms with Crippen molar-refractivity contribution in [1.82, 2.24) is 10.6 Å². The molecule has 0 saturated carbocycles. The van der Waals surface area contributed by atoms with Crippen molar-refractivity contribution in [2.24, 2.45) is 4.99 Å². The number of aliphatic imine (C=N–C) groups is 1. The second-order valence-electron chi connectivity index (χ2n) is 7.08. The molecule has 0 aromatic heterocycles. The molecule has 0 saturated heterocycles. The SMILES string of the molecule is CCNC(=NCc1ccc(COc2ccccc2)cc1)NC(C)CCS(C)(=O)=O. The van der Waals surface area contributed by atoms with E-state index in [0.717, 1.165) is 23.4 Å². The van der Waals surface area contributed by atoms with Crippen LogP contribution in [-0.2, 0) is 23.0 Å². The van der Waals surface area contributed by atoms with Gasteiger partial charge in [0.25, 0.3) is 0 Å². The van der Waals surface area contributed by atoms with Gasteiger partial charge in [-0.2, -0.15) is 0 Å². The number of ether oxygens (including phenoxy) is 1. The minimum absolute atomic E-state index is 0.0139. The third-order valence-corrected chi connectivity index (χ3v) is 5.22. The number of hydrogen-bond acceptors (Lipinski definition) is 4. The lowest BCUT2D eigenvalue weighted by Crippen LogP contribution is -2.42. The van der Waals surface area contributed by atoms with E-state index in [-0.39, 0.29) is 11.8 Å². The molecule has 0 aliphatic heterocycles. The molecule has 1 atom stereocenters. The van der Waals surface area contributed by atoms with E-state index in [2.05, 4.69) is 15.6 Å². The Hall–Kier alpha value is -2.54. The van der Waals surface area contributed by atoms with Gasteiger partial charge < -0.3 is 15.4 Å². The zero-order valence-electron chi connectivity index (χ0n) is 17.4. The van der Waals surface area contributed by atoms with Crippen molar-refractivity contribution in [2.45, 2.75) is 39.5 Å². The highest BCUT2D eigenvalue weighted by Crippen LogP contribution is 2.12. The number of rotatable bonds is 10. The van der Waals surface area contributed by atoms with E-state index in [1.165, 1.54) is 6.26 Å². The zero-order valence-corrected chi connectivity index (χ0v) is 18.2. The first kappa shape index (κ1) is 22.7. The molecule has 0 bridgehead atoms. The smallest absolute Gasteiger partial charge is 0.191 e. The molecule has 0 heterocycles. The third-order valence-electron chi connectivity index (χ3n) is 4.24.